The second-order valence-corrected chi connectivity index (χ2v) is 8.12. The van der Waals surface area contributed by atoms with Crippen molar-refractivity contribution in [1.29, 1.82) is 0 Å². The lowest BCUT2D eigenvalue weighted by Gasteiger charge is -2.51. The summed E-state index contributed by atoms with van der Waals surface area (Å²) in [6.45, 7) is 6.78. The lowest BCUT2D eigenvalue weighted by Crippen LogP contribution is -2.51. The van der Waals surface area contributed by atoms with Crippen LogP contribution in [0, 0.1) is 0 Å². The quantitative estimate of drug-likeness (QED) is 0.783. The van der Waals surface area contributed by atoms with Crippen LogP contribution in [0.3, 0.4) is 0 Å². The number of fused-ring (bicyclic) bond motifs is 4. The fraction of sp³-hybridized carbons (Fsp3) is 0.600. The van der Waals surface area contributed by atoms with E-state index in [9.17, 15) is 4.79 Å². The van der Waals surface area contributed by atoms with Crippen LogP contribution in [0.2, 0.25) is 0 Å². The second kappa shape index (κ2) is 5.98. The van der Waals surface area contributed by atoms with Crippen molar-refractivity contribution in [3.05, 3.63) is 29.7 Å². The molecule has 0 spiro atoms. The molecule has 1 saturated carbocycles. The van der Waals surface area contributed by atoms with Crippen molar-refractivity contribution in [2.45, 2.75) is 63.6 Å². The molecule has 2 aliphatic heterocycles. The highest BCUT2D eigenvalue weighted by Gasteiger charge is 2.49. The Labute approximate surface area is 153 Å². The molecule has 2 aromatic heterocycles. The van der Waals surface area contributed by atoms with Gasteiger partial charge in [0.2, 0.25) is 0 Å². The summed E-state index contributed by atoms with van der Waals surface area (Å²) in [5.74, 6) is 0.0931. The SMILES string of the molecule is COC(=O)c1cn2cc(C34CCC(C)(CC3)OC4)nc2cc1OC(C)C. The maximum Gasteiger partial charge on any atom is 0.343 e. The van der Waals surface area contributed by atoms with Crippen LogP contribution >= 0.6 is 0 Å². The van der Waals surface area contributed by atoms with E-state index in [0.717, 1.165) is 37.0 Å². The van der Waals surface area contributed by atoms with E-state index in [2.05, 4.69) is 6.92 Å². The van der Waals surface area contributed by atoms with Gasteiger partial charge in [0.1, 0.15) is 17.0 Å². The molecule has 2 aromatic rings. The number of aromatic nitrogens is 2. The van der Waals surface area contributed by atoms with Crippen LogP contribution in [0.1, 0.15) is 62.5 Å². The highest BCUT2D eigenvalue weighted by molar-refractivity contribution is 5.92. The predicted octanol–water partition coefficient (Wildman–Crippen LogP) is 3.51. The molecule has 26 heavy (non-hydrogen) atoms. The number of rotatable bonds is 4. The van der Waals surface area contributed by atoms with Gasteiger partial charge in [0, 0.05) is 23.9 Å². The third kappa shape index (κ3) is 2.76. The molecular weight excluding hydrogens is 332 g/mol. The number of esters is 1. The summed E-state index contributed by atoms with van der Waals surface area (Å²) in [7, 11) is 1.38. The van der Waals surface area contributed by atoms with Gasteiger partial charge in [0.05, 0.1) is 31.1 Å². The average Bonchev–Trinajstić information content (AvgIpc) is 3.04. The van der Waals surface area contributed by atoms with Gasteiger partial charge in [0.15, 0.2) is 0 Å². The van der Waals surface area contributed by atoms with E-state index in [1.807, 2.05) is 30.5 Å². The third-order valence-electron chi connectivity index (χ3n) is 5.83. The normalized spacial score (nSPS) is 27.9. The predicted molar refractivity (Wildman–Crippen MR) is 96.8 cm³/mol. The van der Waals surface area contributed by atoms with E-state index in [4.69, 9.17) is 19.2 Å². The minimum absolute atomic E-state index is 0.0196. The number of hydrogen-bond donors (Lipinski definition) is 0. The molecule has 3 fully saturated rings. The van der Waals surface area contributed by atoms with Crippen molar-refractivity contribution in [1.82, 2.24) is 9.38 Å². The van der Waals surface area contributed by atoms with Crippen molar-refractivity contribution in [2.24, 2.45) is 0 Å². The fourth-order valence-electron chi connectivity index (χ4n) is 4.07. The summed E-state index contributed by atoms with van der Waals surface area (Å²) < 4.78 is 18.8. The van der Waals surface area contributed by atoms with E-state index < -0.39 is 5.97 Å². The summed E-state index contributed by atoms with van der Waals surface area (Å²) in [5, 5.41) is 0. The first kappa shape index (κ1) is 17.3. The van der Waals surface area contributed by atoms with Crippen LogP contribution in [-0.2, 0) is 14.9 Å². The average molecular weight is 358 g/mol. The van der Waals surface area contributed by atoms with Gasteiger partial charge in [-0.2, -0.15) is 0 Å². The van der Waals surface area contributed by atoms with E-state index in [1.165, 1.54) is 7.11 Å². The van der Waals surface area contributed by atoms with Crippen molar-refractivity contribution in [3.8, 4) is 5.75 Å². The zero-order chi connectivity index (χ0) is 18.5. The molecule has 0 aromatic carbocycles. The molecule has 0 atom stereocenters. The number of ether oxygens (including phenoxy) is 3. The number of imidazole rings is 1. The highest BCUT2D eigenvalue weighted by atomic mass is 16.5. The standard InChI is InChI=1S/C20H26N2O4/c1-13(2)26-15-9-17-21-16(11-22(17)10-14(15)18(23)24-4)20-7-5-19(3,6-8-20)25-12-20/h9-11,13H,5-8,12H2,1-4H3. The second-order valence-electron chi connectivity index (χ2n) is 8.12. The molecule has 3 aliphatic rings. The molecule has 0 amide bonds. The van der Waals surface area contributed by atoms with Gasteiger partial charge in [0.25, 0.3) is 0 Å². The Morgan fingerprint density at radius 2 is 2.00 bits per heavy atom. The lowest BCUT2D eigenvalue weighted by atomic mass is 9.65. The van der Waals surface area contributed by atoms with Crippen LogP contribution in [0.5, 0.6) is 5.75 Å². The maximum absolute atomic E-state index is 12.2. The smallest absolute Gasteiger partial charge is 0.343 e. The lowest BCUT2D eigenvalue weighted by molar-refractivity contribution is -0.146. The fourth-order valence-corrected chi connectivity index (χ4v) is 4.07. The molecule has 0 radical (unpaired) electrons. The summed E-state index contributed by atoms with van der Waals surface area (Å²) in [4.78, 5) is 17.0. The number of methoxy groups -OCH3 is 1. The first-order chi connectivity index (χ1) is 12.3. The van der Waals surface area contributed by atoms with Gasteiger partial charge in [-0.25, -0.2) is 9.78 Å². The highest BCUT2D eigenvalue weighted by Crippen LogP contribution is 2.49. The Balaban J connectivity index is 1.76. The maximum atomic E-state index is 12.2. The topological polar surface area (TPSA) is 62.1 Å². The van der Waals surface area contributed by atoms with Crippen molar-refractivity contribution in [2.75, 3.05) is 13.7 Å². The Bertz CT molecular complexity index is 830. The zero-order valence-electron chi connectivity index (χ0n) is 15.9. The van der Waals surface area contributed by atoms with E-state index in [1.54, 1.807) is 6.20 Å². The molecule has 5 rings (SSSR count). The van der Waals surface area contributed by atoms with Crippen LogP contribution in [0.15, 0.2) is 18.5 Å². The van der Waals surface area contributed by atoms with E-state index in [0.29, 0.717) is 17.9 Å². The molecule has 6 nitrogen and oxygen atoms in total. The zero-order valence-corrected chi connectivity index (χ0v) is 15.9. The molecular formula is C20H26N2O4. The molecule has 0 N–H and O–H groups in total. The number of carbonyl (C=O) groups excluding carboxylic acids is 1. The van der Waals surface area contributed by atoms with Gasteiger partial charge in [-0.15, -0.1) is 0 Å². The van der Waals surface area contributed by atoms with Gasteiger partial charge < -0.3 is 18.6 Å². The van der Waals surface area contributed by atoms with Crippen LogP contribution < -0.4 is 4.74 Å². The van der Waals surface area contributed by atoms with E-state index in [-0.39, 0.29) is 17.1 Å². The Kier molecular flexibility index (Phi) is 3.99. The van der Waals surface area contributed by atoms with Crippen LogP contribution in [0.25, 0.3) is 5.65 Å². The molecule has 0 unspecified atom stereocenters. The first-order valence-electron chi connectivity index (χ1n) is 9.26. The molecule has 2 saturated heterocycles. The summed E-state index contributed by atoms with van der Waals surface area (Å²) in [6, 6.07) is 1.82. The van der Waals surface area contributed by atoms with Crippen molar-refractivity contribution >= 4 is 11.6 Å². The molecule has 1 aliphatic carbocycles. The molecule has 6 heteroatoms. The largest absolute Gasteiger partial charge is 0.490 e. The van der Waals surface area contributed by atoms with Crippen LogP contribution in [0.4, 0.5) is 0 Å². The molecule has 4 heterocycles. The Morgan fingerprint density at radius 1 is 1.27 bits per heavy atom. The number of pyridine rings is 1. The van der Waals surface area contributed by atoms with Gasteiger partial charge in [-0.1, -0.05) is 0 Å². The summed E-state index contributed by atoms with van der Waals surface area (Å²) in [6.07, 6.45) is 8.04. The first-order valence-corrected chi connectivity index (χ1v) is 9.26. The van der Waals surface area contributed by atoms with Crippen molar-refractivity contribution in [3.63, 3.8) is 0 Å². The molecule has 2 bridgehead atoms. The monoisotopic (exact) mass is 358 g/mol. The Morgan fingerprint density at radius 3 is 2.58 bits per heavy atom. The Hall–Kier alpha value is -2.08. The van der Waals surface area contributed by atoms with Crippen molar-refractivity contribution < 1.29 is 19.0 Å². The number of nitrogens with zero attached hydrogens (tertiary/aromatic N) is 2. The third-order valence-corrected chi connectivity index (χ3v) is 5.83. The van der Waals surface area contributed by atoms with Gasteiger partial charge >= 0.3 is 5.97 Å². The number of carbonyl (C=O) groups is 1. The van der Waals surface area contributed by atoms with E-state index >= 15 is 0 Å². The molecule has 140 valence electrons. The van der Waals surface area contributed by atoms with Gasteiger partial charge in [-0.05, 0) is 46.5 Å². The summed E-state index contributed by atoms with van der Waals surface area (Å²) >= 11 is 0. The summed E-state index contributed by atoms with van der Waals surface area (Å²) in [5.41, 5.74) is 2.24. The van der Waals surface area contributed by atoms with Gasteiger partial charge in [-0.3, -0.25) is 0 Å². The minimum atomic E-state index is -0.412. The minimum Gasteiger partial charge on any atom is -0.490 e. The number of hydrogen-bond acceptors (Lipinski definition) is 5. The van der Waals surface area contributed by atoms with Crippen LogP contribution in [-0.4, -0.2) is 40.8 Å².